The molecule has 0 saturated heterocycles. The SMILES string of the molecule is CC(C)(C)c1ccc(CNc2cccc(Cl)c2)s1. The molecule has 1 aromatic carbocycles. The molecule has 1 aromatic heterocycles. The molecule has 0 spiro atoms. The molecule has 1 nitrogen and oxygen atoms in total. The van der Waals surface area contributed by atoms with E-state index in [1.807, 2.05) is 35.6 Å². The van der Waals surface area contributed by atoms with Crippen molar-refractivity contribution >= 4 is 28.6 Å². The lowest BCUT2D eigenvalue weighted by Crippen LogP contribution is -2.07. The summed E-state index contributed by atoms with van der Waals surface area (Å²) in [6.45, 7) is 7.58. The summed E-state index contributed by atoms with van der Waals surface area (Å²) < 4.78 is 0. The van der Waals surface area contributed by atoms with Gasteiger partial charge in [-0.25, -0.2) is 0 Å². The molecule has 0 radical (unpaired) electrons. The maximum absolute atomic E-state index is 5.95. The van der Waals surface area contributed by atoms with Crippen LogP contribution in [0.25, 0.3) is 0 Å². The molecule has 2 rings (SSSR count). The van der Waals surface area contributed by atoms with E-state index in [2.05, 4.69) is 38.2 Å². The van der Waals surface area contributed by atoms with Gasteiger partial charge in [-0.3, -0.25) is 0 Å². The largest absolute Gasteiger partial charge is 0.380 e. The zero-order chi connectivity index (χ0) is 13.2. The van der Waals surface area contributed by atoms with Crippen LogP contribution in [0.5, 0.6) is 0 Å². The van der Waals surface area contributed by atoms with Gasteiger partial charge in [0.15, 0.2) is 0 Å². The summed E-state index contributed by atoms with van der Waals surface area (Å²) >= 11 is 7.82. The monoisotopic (exact) mass is 279 g/mol. The number of halogens is 1. The average Bonchev–Trinajstić information content (AvgIpc) is 2.74. The van der Waals surface area contributed by atoms with Gasteiger partial charge in [-0.2, -0.15) is 0 Å². The molecule has 0 aliphatic carbocycles. The Hall–Kier alpha value is -0.990. The van der Waals surface area contributed by atoms with Gasteiger partial charge in [-0.1, -0.05) is 38.4 Å². The van der Waals surface area contributed by atoms with Crippen molar-refractivity contribution in [3.05, 3.63) is 51.2 Å². The lowest BCUT2D eigenvalue weighted by Gasteiger charge is -2.15. The van der Waals surface area contributed by atoms with Crippen molar-refractivity contribution in [3.63, 3.8) is 0 Å². The highest BCUT2D eigenvalue weighted by Crippen LogP contribution is 2.29. The second-order valence-corrected chi connectivity index (χ2v) is 6.98. The number of hydrogen-bond donors (Lipinski definition) is 1. The molecule has 18 heavy (non-hydrogen) atoms. The fourth-order valence-corrected chi connectivity index (χ4v) is 2.86. The molecular weight excluding hydrogens is 262 g/mol. The van der Waals surface area contributed by atoms with E-state index < -0.39 is 0 Å². The van der Waals surface area contributed by atoms with Crippen molar-refractivity contribution in [1.82, 2.24) is 0 Å². The Balaban J connectivity index is 2.01. The zero-order valence-corrected chi connectivity index (χ0v) is 12.5. The molecule has 0 aliphatic rings. The van der Waals surface area contributed by atoms with Crippen LogP contribution in [0.1, 0.15) is 30.5 Å². The normalized spacial score (nSPS) is 11.6. The highest BCUT2D eigenvalue weighted by molar-refractivity contribution is 7.12. The van der Waals surface area contributed by atoms with Crippen molar-refractivity contribution in [2.24, 2.45) is 0 Å². The predicted octanol–water partition coefficient (Wildman–Crippen LogP) is 5.31. The van der Waals surface area contributed by atoms with Gasteiger partial charge in [0, 0.05) is 27.0 Å². The summed E-state index contributed by atoms with van der Waals surface area (Å²) in [5.41, 5.74) is 1.30. The van der Waals surface area contributed by atoms with Crippen LogP contribution in [0, 0.1) is 0 Å². The molecule has 0 aliphatic heterocycles. The van der Waals surface area contributed by atoms with E-state index in [0.717, 1.165) is 17.3 Å². The standard InChI is InChI=1S/C15H18ClNS/c1-15(2,3)14-8-7-13(18-14)10-17-12-6-4-5-11(16)9-12/h4-9,17H,10H2,1-3H3. The Bertz CT molecular complexity index is 525. The molecule has 0 atom stereocenters. The molecule has 0 saturated carbocycles. The number of hydrogen-bond acceptors (Lipinski definition) is 2. The molecule has 0 unspecified atom stereocenters. The first kappa shape index (κ1) is 13.4. The highest BCUT2D eigenvalue weighted by Gasteiger charge is 2.15. The van der Waals surface area contributed by atoms with Gasteiger partial charge in [-0.15, -0.1) is 11.3 Å². The summed E-state index contributed by atoms with van der Waals surface area (Å²) in [6, 6.07) is 12.2. The third-order valence-electron chi connectivity index (χ3n) is 2.69. The average molecular weight is 280 g/mol. The third kappa shape index (κ3) is 3.50. The van der Waals surface area contributed by atoms with Crippen molar-refractivity contribution in [2.45, 2.75) is 32.7 Å². The molecule has 1 heterocycles. The Morgan fingerprint density at radius 3 is 2.56 bits per heavy atom. The van der Waals surface area contributed by atoms with Crippen LogP contribution in [0.15, 0.2) is 36.4 Å². The summed E-state index contributed by atoms with van der Waals surface area (Å²) in [5, 5.41) is 4.16. The first-order chi connectivity index (χ1) is 8.45. The van der Waals surface area contributed by atoms with E-state index in [1.54, 1.807) is 0 Å². The number of anilines is 1. The number of benzene rings is 1. The fraction of sp³-hybridized carbons (Fsp3) is 0.333. The summed E-state index contributed by atoms with van der Waals surface area (Å²) in [7, 11) is 0. The van der Waals surface area contributed by atoms with E-state index in [0.29, 0.717) is 0 Å². The van der Waals surface area contributed by atoms with E-state index in [9.17, 15) is 0 Å². The van der Waals surface area contributed by atoms with Crippen molar-refractivity contribution in [3.8, 4) is 0 Å². The van der Waals surface area contributed by atoms with Crippen LogP contribution in [-0.2, 0) is 12.0 Å². The van der Waals surface area contributed by atoms with E-state index in [1.165, 1.54) is 9.75 Å². The van der Waals surface area contributed by atoms with Gasteiger partial charge in [0.25, 0.3) is 0 Å². The van der Waals surface area contributed by atoms with Crippen LogP contribution in [0.3, 0.4) is 0 Å². The molecule has 0 bridgehead atoms. The minimum Gasteiger partial charge on any atom is -0.380 e. The van der Waals surface area contributed by atoms with Gasteiger partial charge >= 0.3 is 0 Å². The number of rotatable bonds is 3. The van der Waals surface area contributed by atoms with Gasteiger partial charge in [0.05, 0.1) is 0 Å². The molecule has 3 heteroatoms. The van der Waals surface area contributed by atoms with Crippen molar-refractivity contribution in [2.75, 3.05) is 5.32 Å². The number of thiophene rings is 1. The molecular formula is C15H18ClNS. The molecule has 0 fully saturated rings. The van der Waals surface area contributed by atoms with Crippen LogP contribution < -0.4 is 5.32 Å². The highest BCUT2D eigenvalue weighted by atomic mass is 35.5. The van der Waals surface area contributed by atoms with Gasteiger partial charge in [-0.05, 0) is 35.7 Å². The molecule has 0 amide bonds. The van der Waals surface area contributed by atoms with Gasteiger partial charge < -0.3 is 5.32 Å². The maximum atomic E-state index is 5.95. The van der Waals surface area contributed by atoms with Crippen molar-refractivity contribution in [1.29, 1.82) is 0 Å². The molecule has 96 valence electrons. The van der Waals surface area contributed by atoms with E-state index in [4.69, 9.17) is 11.6 Å². The summed E-state index contributed by atoms with van der Waals surface area (Å²) in [4.78, 5) is 2.77. The number of nitrogens with one attached hydrogen (secondary N) is 1. The van der Waals surface area contributed by atoms with Crippen LogP contribution in [0.2, 0.25) is 5.02 Å². The topological polar surface area (TPSA) is 12.0 Å². The quantitative estimate of drug-likeness (QED) is 0.803. The minimum absolute atomic E-state index is 0.235. The van der Waals surface area contributed by atoms with Crippen molar-refractivity contribution < 1.29 is 0 Å². The van der Waals surface area contributed by atoms with E-state index >= 15 is 0 Å². The first-order valence-corrected chi connectivity index (χ1v) is 7.23. The second kappa shape index (κ2) is 5.33. The lowest BCUT2D eigenvalue weighted by atomic mass is 9.95. The Labute approximate surface area is 118 Å². The van der Waals surface area contributed by atoms with Crippen LogP contribution in [-0.4, -0.2) is 0 Å². The Kier molecular flexibility index (Phi) is 3.98. The predicted molar refractivity (Wildman–Crippen MR) is 81.8 cm³/mol. The Morgan fingerprint density at radius 1 is 1.17 bits per heavy atom. The summed E-state index contributed by atoms with van der Waals surface area (Å²) in [6.07, 6.45) is 0. The summed E-state index contributed by atoms with van der Waals surface area (Å²) in [5.74, 6) is 0. The zero-order valence-electron chi connectivity index (χ0n) is 11.0. The minimum atomic E-state index is 0.235. The van der Waals surface area contributed by atoms with Gasteiger partial charge in [0.2, 0.25) is 0 Å². The van der Waals surface area contributed by atoms with Crippen LogP contribution in [0.4, 0.5) is 5.69 Å². The lowest BCUT2D eigenvalue weighted by molar-refractivity contribution is 0.604. The molecule has 1 N–H and O–H groups in total. The third-order valence-corrected chi connectivity index (χ3v) is 4.44. The molecule has 2 aromatic rings. The van der Waals surface area contributed by atoms with Crippen LogP contribution >= 0.6 is 22.9 Å². The smallest absolute Gasteiger partial charge is 0.0494 e. The maximum Gasteiger partial charge on any atom is 0.0494 e. The first-order valence-electron chi connectivity index (χ1n) is 6.04. The fourth-order valence-electron chi connectivity index (χ4n) is 1.66. The Morgan fingerprint density at radius 2 is 1.94 bits per heavy atom. The van der Waals surface area contributed by atoms with Gasteiger partial charge in [0.1, 0.15) is 0 Å². The van der Waals surface area contributed by atoms with E-state index in [-0.39, 0.29) is 5.41 Å². The second-order valence-electron chi connectivity index (χ2n) is 5.38.